The van der Waals surface area contributed by atoms with E-state index in [0.717, 1.165) is 6.42 Å². The molecule has 3 aromatic rings. The molecule has 9 nitrogen and oxygen atoms in total. The first-order chi connectivity index (χ1) is 18.2. The summed E-state index contributed by atoms with van der Waals surface area (Å²) in [5.74, 6) is 0.731. The molecule has 0 radical (unpaired) electrons. The van der Waals surface area contributed by atoms with E-state index in [4.69, 9.17) is 30.5 Å². The summed E-state index contributed by atoms with van der Waals surface area (Å²) in [4.78, 5) is 23.1. The van der Waals surface area contributed by atoms with Crippen LogP contribution in [0, 0.1) is 5.82 Å². The Bertz CT molecular complexity index is 1330. The highest BCUT2D eigenvalue weighted by Gasteiger charge is 2.37. The van der Waals surface area contributed by atoms with Gasteiger partial charge in [-0.05, 0) is 44.5 Å². The number of hydrogen-bond acceptors (Lipinski definition) is 9. The van der Waals surface area contributed by atoms with Crippen molar-refractivity contribution < 1.29 is 28.1 Å². The first-order valence-corrected chi connectivity index (χ1v) is 13.0. The molecule has 38 heavy (non-hydrogen) atoms. The summed E-state index contributed by atoms with van der Waals surface area (Å²) in [6, 6.07) is 8.00. The Morgan fingerprint density at radius 1 is 1.26 bits per heavy atom. The summed E-state index contributed by atoms with van der Waals surface area (Å²) >= 11 is 5.96. The van der Waals surface area contributed by atoms with E-state index in [1.807, 2.05) is 31.7 Å². The van der Waals surface area contributed by atoms with Crippen LogP contribution in [0.2, 0.25) is 5.02 Å². The predicted molar refractivity (Wildman–Crippen MR) is 141 cm³/mol. The monoisotopic (exact) mass is 544 g/mol. The van der Waals surface area contributed by atoms with E-state index in [-0.39, 0.29) is 29.9 Å². The number of anilines is 2. The van der Waals surface area contributed by atoms with Crippen LogP contribution in [0.15, 0.2) is 36.7 Å². The van der Waals surface area contributed by atoms with Gasteiger partial charge >= 0.3 is 5.97 Å². The summed E-state index contributed by atoms with van der Waals surface area (Å²) in [5.41, 5.74) is 0.579. The molecule has 0 spiro atoms. The number of esters is 1. The molecular weight excluding hydrogens is 515 g/mol. The number of morpholine rings is 1. The van der Waals surface area contributed by atoms with E-state index >= 15 is 0 Å². The van der Waals surface area contributed by atoms with Crippen LogP contribution in [0.5, 0.6) is 11.5 Å². The van der Waals surface area contributed by atoms with Gasteiger partial charge in [-0.25, -0.2) is 14.4 Å². The van der Waals surface area contributed by atoms with Crippen LogP contribution in [0.1, 0.15) is 33.6 Å². The number of carbonyl (C=O) groups is 1. The molecule has 1 N–H and O–H groups in total. The minimum absolute atomic E-state index is 0.00434. The van der Waals surface area contributed by atoms with Crippen molar-refractivity contribution >= 4 is 40.0 Å². The third-order valence-corrected chi connectivity index (χ3v) is 6.68. The standard InChI is InChI=1S/C27H30ClFN4O5/c1-4-24(33-12-25(34)38-27(2,3)14-33)37-23-11-21-18(10-22(23)36-17-7-8-35-13-17)26(31-15-30-21)32-16-5-6-20(29)19(28)9-16/h5-6,9-11,15,17,24H,4,7-8,12-14H2,1-3H3,(H,30,31,32). The number of carbonyl (C=O) groups excluding carboxylic acids is 1. The number of hydrogen-bond donors (Lipinski definition) is 1. The van der Waals surface area contributed by atoms with Crippen molar-refractivity contribution in [1.29, 1.82) is 0 Å². The van der Waals surface area contributed by atoms with Gasteiger partial charge in [-0.1, -0.05) is 18.5 Å². The van der Waals surface area contributed by atoms with Crippen molar-refractivity contribution in [3.8, 4) is 11.5 Å². The number of rotatable bonds is 8. The molecule has 0 bridgehead atoms. The Morgan fingerprint density at radius 2 is 2.11 bits per heavy atom. The second-order valence-corrected chi connectivity index (χ2v) is 10.4. The average Bonchev–Trinajstić information content (AvgIpc) is 3.37. The maximum absolute atomic E-state index is 13.7. The summed E-state index contributed by atoms with van der Waals surface area (Å²) in [6.07, 6.45) is 2.31. The molecular formula is C27H30ClFN4O5. The van der Waals surface area contributed by atoms with Crippen molar-refractivity contribution in [1.82, 2.24) is 14.9 Å². The lowest BCUT2D eigenvalue weighted by Gasteiger charge is -2.40. The largest absolute Gasteiger partial charge is 0.484 e. The van der Waals surface area contributed by atoms with Crippen LogP contribution in [-0.2, 0) is 14.3 Å². The van der Waals surface area contributed by atoms with Crippen molar-refractivity contribution in [3.63, 3.8) is 0 Å². The van der Waals surface area contributed by atoms with Gasteiger partial charge in [0, 0.05) is 30.1 Å². The number of benzene rings is 2. The zero-order chi connectivity index (χ0) is 26.9. The number of aromatic nitrogens is 2. The minimum Gasteiger partial charge on any atom is -0.484 e. The molecule has 5 rings (SSSR count). The average molecular weight is 545 g/mol. The van der Waals surface area contributed by atoms with Gasteiger partial charge in [0.25, 0.3) is 0 Å². The van der Waals surface area contributed by atoms with Crippen LogP contribution < -0.4 is 14.8 Å². The summed E-state index contributed by atoms with van der Waals surface area (Å²) in [5, 5.41) is 3.88. The smallest absolute Gasteiger partial charge is 0.320 e. The Labute approximate surface area is 225 Å². The van der Waals surface area contributed by atoms with Gasteiger partial charge in [0.05, 0.1) is 30.3 Å². The number of nitrogens with one attached hydrogen (secondary N) is 1. The molecule has 0 saturated carbocycles. The molecule has 1 aromatic heterocycles. The number of ether oxygens (including phenoxy) is 4. The van der Waals surface area contributed by atoms with Gasteiger partial charge in [-0.3, -0.25) is 9.69 Å². The predicted octanol–water partition coefficient (Wildman–Crippen LogP) is 5.09. The van der Waals surface area contributed by atoms with Crippen LogP contribution in [0.25, 0.3) is 10.9 Å². The maximum Gasteiger partial charge on any atom is 0.320 e. The van der Waals surface area contributed by atoms with E-state index in [0.29, 0.717) is 60.1 Å². The molecule has 0 amide bonds. The number of fused-ring (bicyclic) bond motifs is 1. The normalized spacial score (nSPS) is 20.2. The van der Waals surface area contributed by atoms with Gasteiger partial charge in [-0.2, -0.15) is 0 Å². The highest BCUT2D eigenvalue weighted by atomic mass is 35.5. The molecule has 0 aliphatic carbocycles. The quantitative estimate of drug-likeness (QED) is 0.389. The lowest BCUT2D eigenvalue weighted by atomic mass is 10.1. The van der Waals surface area contributed by atoms with E-state index in [1.54, 1.807) is 12.1 Å². The highest BCUT2D eigenvalue weighted by molar-refractivity contribution is 6.31. The van der Waals surface area contributed by atoms with Crippen molar-refractivity contribution in [2.75, 3.05) is 31.6 Å². The number of cyclic esters (lactones) is 1. The Morgan fingerprint density at radius 3 is 2.82 bits per heavy atom. The van der Waals surface area contributed by atoms with Gasteiger partial charge in [0.15, 0.2) is 17.7 Å². The van der Waals surface area contributed by atoms with Crippen molar-refractivity contribution in [2.45, 2.75) is 51.5 Å². The third kappa shape index (κ3) is 5.92. The molecule has 2 aliphatic rings. The first-order valence-electron chi connectivity index (χ1n) is 12.6. The molecule has 2 fully saturated rings. The third-order valence-electron chi connectivity index (χ3n) is 6.39. The van der Waals surface area contributed by atoms with E-state index < -0.39 is 11.4 Å². The Kier molecular flexibility index (Phi) is 7.56. The Hall–Kier alpha value is -3.21. The topological polar surface area (TPSA) is 95.0 Å². The fourth-order valence-corrected chi connectivity index (χ4v) is 4.87. The molecule has 2 atom stereocenters. The summed E-state index contributed by atoms with van der Waals surface area (Å²) in [6.45, 7) is 7.54. The second-order valence-electron chi connectivity index (χ2n) is 10.0. The van der Waals surface area contributed by atoms with E-state index in [9.17, 15) is 9.18 Å². The highest BCUT2D eigenvalue weighted by Crippen LogP contribution is 2.38. The number of nitrogens with zero attached hydrogens (tertiary/aromatic N) is 3. The molecule has 2 aromatic carbocycles. The molecule has 11 heteroatoms. The molecule has 2 aliphatic heterocycles. The molecule has 2 unspecified atom stereocenters. The first kappa shape index (κ1) is 26.4. The molecule has 3 heterocycles. The second kappa shape index (κ2) is 10.9. The van der Waals surface area contributed by atoms with E-state index in [1.165, 1.54) is 18.5 Å². The fourth-order valence-electron chi connectivity index (χ4n) is 4.69. The van der Waals surface area contributed by atoms with Crippen molar-refractivity contribution in [3.05, 3.63) is 47.5 Å². The summed E-state index contributed by atoms with van der Waals surface area (Å²) < 4.78 is 37.5. The van der Waals surface area contributed by atoms with Crippen LogP contribution >= 0.6 is 11.6 Å². The van der Waals surface area contributed by atoms with Crippen LogP contribution in [0.3, 0.4) is 0 Å². The van der Waals surface area contributed by atoms with Gasteiger partial charge in [0.2, 0.25) is 0 Å². The zero-order valence-corrected chi connectivity index (χ0v) is 22.3. The minimum atomic E-state index is -0.618. The van der Waals surface area contributed by atoms with E-state index in [2.05, 4.69) is 15.3 Å². The van der Waals surface area contributed by atoms with Gasteiger partial charge in [-0.15, -0.1) is 0 Å². The molecule has 202 valence electrons. The number of halogens is 2. The lowest BCUT2D eigenvalue weighted by molar-refractivity contribution is -0.177. The SMILES string of the molecule is CCC(Oc1cc2ncnc(Nc3ccc(F)c(Cl)c3)c2cc1OC1CCOC1)N1CC(=O)OC(C)(C)C1. The fraction of sp³-hybridized carbons (Fsp3) is 0.444. The lowest BCUT2D eigenvalue weighted by Crippen LogP contribution is -2.55. The van der Waals surface area contributed by atoms with Crippen LogP contribution in [0.4, 0.5) is 15.9 Å². The Balaban J connectivity index is 1.50. The summed E-state index contributed by atoms with van der Waals surface area (Å²) in [7, 11) is 0. The van der Waals surface area contributed by atoms with Gasteiger partial charge < -0.3 is 24.3 Å². The molecule has 2 saturated heterocycles. The van der Waals surface area contributed by atoms with Gasteiger partial charge in [0.1, 0.15) is 29.7 Å². The van der Waals surface area contributed by atoms with Crippen LogP contribution in [-0.4, -0.2) is 65.1 Å². The maximum atomic E-state index is 13.7. The van der Waals surface area contributed by atoms with Crippen molar-refractivity contribution in [2.24, 2.45) is 0 Å². The zero-order valence-electron chi connectivity index (χ0n) is 21.5.